The molecule has 0 aromatic heterocycles. The van der Waals surface area contributed by atoms with Gasteiger partial charge in [0.25, 0.3) is 0 Å². The van der Waals surface area contributed by atoms with Gasteiger partial charge in [-0.3, -0.25) is 0 Å². The highest BCUT2D eigenvalue weighted by atomic mass is 32.2. The number of azo groups is 1. The van der Waals surface area contributed by atoms with Gasteiger partial charge in [0, 0.05) is 11.3 Å². The highest BCUT2D eigenvalue weighted by Gasteiger charge is 2.20. The summed E-state index contributed by atoms with van der Waals surface area (Å²) in [6, 6.07) is 11.2. The minimum atomic E-state index is -1.18. The van der Waals surface area contributed by atoms with Gasteiger partial charge >= 0.3 is 12.0 Å². The number of aromatic hydroxyl groups is 1. The highest BCUT2D eigenvalue weighted by Crippen LogP contribution is 2.19. The van der Waals surface area contributed by atoms with Crippen LogP contribution in [0.1, 0.15) is 5.56 Å². The third-order valence-electron chi connectivity index (χ3n) is 3.30. The molecule has 0 heterocycles. The number of benzene rings is 2. The fourth-order valence-corrected chi connectivity index (χ4v) is 2.41. The van der Waals surface area contributed by atoms with Crippen LogP contribution in [0.2, 0.25) is 0 Å². The van der Waals surface area contributed by atoms with Crippen molar-refractivity contribution >= 4 is 29.4 Å². The molecule has 2 aromatic carbocycles. The van der Waals surface area contributed by atoms with Crippen LogP contribution >= 0.6 is 11.8 Å². The normalized spacial score (nSPS) is 12.0. The van der Waals surface area contributed by atoms with Crippen LogP contribution in [0.3, 0.4) is 0 Å². The number of nitrogens with zero attached hydrogens (tertiary/aromatic N) is 2. The van der Waals surface area contributed by atoms with Crippen molar-refractivity contribution in [2.75, 3.05) is 6.26 Å². The quantitative estimate of drug-likeness (QED) is 0.539. The molecule has 130 valence electrons. The van der Waals surface area contributed by atoms with E-state index < -0.39 is 18.0 Å². The fraction of sp³-hybridized carbons (Fsp3) is 0.176. The van der Waals surface area contributed by atoms with Gasteiger partial charge in [0.05, 0.1) is 5.69 Å². The number of rotatable bonds is 6. The lowest BCUT2D eigenvalue weighted by atomic mass is 10.1. The number of carboxylic acid groups (broad SMARTS) is 1. The summed E-state index contributed by atoms with van der Waals surface area (Å²) in [6.45, 7) is 0. The third kappa shape index (κ3) is 5.92. The minimum absolute atomic E-state index is 0.0687. The Kier molecular flexibility index (Phi) is 6.53. The second-order valence-corrected chi connectivity index (χ2v) is 5.99. The number of amides is 2. The Morgan fingerprint density at radius 2 is 1.76 bits per heavy atom. The molecule has 1 unspecified atom stereocenters. The van der Waals surface area contributed by atoms with Gasteiger partial charge in [0.1, 0.15) is 11.8 Å². The summed E-state index contributed by atoms with van der Waals surface area (Å²) in [5.74, 6) is -1.10. The summed E-state index contributed by atoms with van der Waals surface area (Å²) in [5.41, 5.74) is 1.16. The molecular weight excluding hydrogens is 342 g/mol. The number of aliphatic carboxylic acids is 1. The molecule has 0 aliphatic rings. The van der Waals surface area contributed by atoms with E-state index in [4.69, 9.17) is 0 Å². The first-order valence-electron chi connectivity index (χ1n) is 7.35. The first-order valence-corrected chi connectivity index (χ1v) is 8.57. The average molecular weight is 359 g/mol. The number of carbonyl (C=O) groups is 2. The Hall–Kier alpha value is -2.87. The first-order chi connectivity index (χ1) is 12.0. The van der Waals surface area contributed by atoms with Crippen molar-refractivity contribution in [3.05, 3.63) is 54.1 Å². The first kappa shape index (κ1) is 18.5. The summed E-state index contributed by atoms with van der Waals surface area (Å²) in [5, 5.41) is 28.1. The number of hydrogen-bond acceptors (Lipinski definition) is 5. The predicted molar refractivity (Wildman–Crippen MR) is 94.5 cm³/mol. The molecule has 0 aliphatic heterocycles. The molecule has 0 radical (unpaired) electrons. The second-order valence-electron chi connectivity index (χ2n) is 5.11. The Morgan fingerprint density at radius 1 is 1.12 bits per heavy atom. The van der Waals surface area contributed by atoms with Crippen LogP contribution < -0.4 is 5.32 Å². The zero-order valence-corrected chi connectivity index (χ0v) is 14.2. The van der Waals surface area contributed by atoms with Crippen molar-refractivity contribution in [2.24, 2.45) is 10.2 Å². The maximum absolute atomic E-state index is 11.8. The maximum atomic E-state index is 11.8. The largest absolute Gasteiger partial charge is 0.508 e. The number of hydrogen-bond donors (Lipinski definition) is 3. The number of phenolic OH excluding ortho intramolecular Hbond substituents is 1. The van der Waals surface area contributed by atoms with Gasteiger partial charge in [-0.05, 0) is 48.2 Å². The number of phenols is 1. The van der Waals surface area contributed by atoms with Crippen molar-refractivity contribution < 1.29 is 19.8 Å². The Bertz CT molecular complexity index is 760. The van der Waals surface area contributed by atoms with E-state index in [1.165, 1.54) is 12.1 Å². The monoisotopic (exact) mass is 359 g/mol. The number of carboxylic acids is 1. The zero-order chi connectivity index (χ0) is 18.2. The summed E-state index contributed by atoms with van der Waals surface area (Å²) in [7, 11) is 0. The van der Waals surface area contributed by atoms with E-state index in [0.29, 0.717) is 11.3 Å². The molecule has 0 fully saturated rings. The van der Waals surface area contributed by atoms with Crippen molar-refractivity contribution in [3.8, 4) is 5.75 Å². The molecule has 2 amide bonds. The van der Waals surface area contributed by atoms with Gasteiger partial charge in [-0.15, -0.1) is 16.9 Å². The summed E-state index contributed by atoms with van der Waals surface area (Å²) in [4.78, 5) is 24.2. The van der Waals surface area contributed by atoms with Crippen molar-refractivity contribution in [1.29, 1.82) is 0 Å². The molecule has 0 saturated heterocycles. The summed E-state index contributed by atoms with van der Waals surface area (Å²) >= 11 is 1.58. The lowest BCUT2D eigenvalue weighted by molar-refractivity contribution is -0.139. The number of urea groups is 1. The molecule has 7 nitrogen and oxygen atoms in total. The Balaban J connectivity index is 1.98. The Morgan fingerprint density at radius 3 is 2.32 bits per heavy atom. The molecule has 25 heavy (non-hydrogen) atoms. The van der Waals surface area contributed by atoms with Crippen LogP contribution in [0.15, 0.2) is 63.7 Å². The lowest BCUT2D eigenvalue weighted by Gasteiger charge is -2.12. The molecule has 0 aliphatic carbocycles. The van der Waals surface area contributed by atoms with E-state index in [2.05, 4.69) is 15.5 Å². The van der Waals surface area contributed by atoms with E-state index in [-0.39, 0.29) is 12.2 Å². The smallest absolute Gasteiger partial charge is 0.360 e. The van der Waals surface area contributed by atoms with Gasteiger partial charge in [0.2, 0.25) is 0 Å². The molecule has 3 N–H and O–H groups in total. The molecule has 8 heteroatoms. The summed E-state index contributed by atoms with van der Waals surface area (Å²) < 4.78 is 0. The predicted octanol–water partition coefficient (Wildman–Crippen LogP) is 3.60. The number of nitrogens with one attached hydrogen (secondary N) is 1. The number of carbonyl (C=O) groups excluding carboxylic acids is 1. The van der Waals surface area contributed by atoms with Gasteiger partial charge < -0.3 is 15.5 Å². The molecule has 1 atom stereocenters. The fourth-order valence-electron chi connectivity index (χ4n) is 2.00. The van der Waals surface area contributed by atoms with E-state index >= 15 is 0 Å². The van der Waals surface area contributed by atoms with Crippen LogP contribution in [0.5, 0.6) is 5.75 Å². The van der Waals surface area contributed by atoms with Crippen LogP contribution in [0, 0.1) is 0 Å². The topological polar surface area (TPSA) is 111 Å². The van der Waals surface area contributed by atoms with Crippen molar-refractivity contribution in [2.45, 2.75) is 17.4 Å². The van der Waals surface area contributed by atoms with Crippen molar-refractivity contribution in [3.63, 3.8) is 0 Å². The van der Waals surface area contributed by atoms with Gasteiger partial charge in [-0.1, -0.05) is 17.2 Å². The van der Waals surface area contributed by atoms with Gasteiger partial charge in [-0.25, -0.2) is 9.59 Å². The van der Waals surface area contributed by atoms with Crippen molar-refractivity contribution in [1.82, 2.24) is 5.32 Å². The molecule has 0 bridgehead atoms. The maximum Gasteiger partial charge on any atom is 0.360 e. The minimum Gasteiger partial charge on any atom is -0.508 e. The van der Waals surface area contributed by atoms with E-state index in [9.17, 15) is 19.8 Å². The van der Waals surface area contributed by atoms with Crippen LogP contribution in [-0.4, -0.2) is 34.5 Å². The molecular formula is C17H17N3O4S. The standard InChI is InChI=1S/C17H17N3O4S/c1-25-14-8-4-12(5-9-14)19-20-17(24)18-15(16(22)23)10-11-2-6-13(21)7-3-11/h2-9,15,21H,10H2,1H3,(H,18,24)(H,22,23). The number of thioether (sulfide) groups is 1. The van der Waals surface area contributed by atoms with E-state index in [1.54, 1.807) is 36.0 Å². The van der Waals surface area contributed by atoms with Crippen LogP contribution in [0.4, 0.5) is 10.5 Å². The Labute approximate surface area is 148 Å². The van der Waals surface area contributed by atoms with Gasteiger partial charge in [-0.2, -0.15) is 0 Å². The molecule has 2 rings (SSSR count). The molecule has 2 aromatic rings. The van der Waals surface area contributed by atoms with Crippen LogP contribution in [-0.2, 0) is 11.2 Å². The average Bonchev–Trinajstić information content (AvgIpc) is 2.61. The molecule has 0 saturated carbocycles. The highest BCUT2D eigenvalue weighted by molar-refractivity contribution is 7.98. The third-order valence-corrected chi connectivity index (χ3v) is 4.04. The zero-order valence-electron chi connectivity index (χ0n) is 13.4. The SMILES string of the molecule is CSc1ccc(N=NC(=O)NC(Cc2ccc(O)cc2)C(=O)O)cc1. The summed E-state index contributed by atoms with van der Waals surface area (Å²) in [6.07, 6.45) is 2.02. The lowest BCUT2D eigenvalue weighted by Crippen LogP contribution is -2.40. The van der Waals surface area contributed by atoms with Crippen LogP contribution in [0.25, 0.3) is 0 Å². The molecule has 0 spiro atoms. The second kappa shape index (κ2) is 8.84. The van der Waals surface area contributed by atoms with Gasteiger partial charge in [0.15, 0.2) is 0 Å². The van der Waals surface area contributed by atoms with E-state index in [0.717, 1.165) is 4.90 Å². The van der Waals surface area contributed by atoms with E-state index in [1.807, 2.05) is 18.4 Å².